The maximum atomic E-state index is 12.7. The van der Waals surface area contributed by atoms with Crippen LogP contribution in [0.2, 0.25) is 0 Å². The van der Waals surface area contributed by atoms with E-state index in [0.717, 1.165) is 16.7 Å². The Kier molecular flexibility index (Phi) is 4.65. The highest BCUT2D eigenvalue weighted by Crippen LogP contribution is 2.25. The molecule has 5 heteroatoms. The molecule has 0 fully saturated rings. The van der Waals surface area contributed by atoms with Gasteiger partial charge in [-0.25, -0.2) is 9.37 Å². The highest BCUT2D eigenvalue weighted by Gasteiger charge is 2.19. The van der Waals surface area contributed by atoms with Crippen LogP contribution in [0, 0.1) is 0 Å². The maximum Gasteiger partial charge on any atom is 0.210 e. The Morgan fingerprint density at radius 1 is 1.20 bits per heavy atom. The Hall–Kier alpha value is -1.98. The second-order valence-electron chi connectivity index (χ2n) is 4.50. The molecular formula is C15H17FN2O2. The minimum Gasteiger partial charge on any atom is -0.493 e. The Morgan fingerprint density at radius 3 is 2.35 bits per heavy atom. The van der Waals surface area contributed by atoms with Crippen molar-refractivity contribution in [2.45, 2.75) is 12.1 Å². The summed E-state index contributed by atoms with van der Waals surface area (Å²) in [7, 11) is 1.51. The summed E-state index contributed by atoms with van der Waals surface area (Å²) in [6.07, 6.45) is 1.12. The Bertz CT molecular complexity index is 543. The number of alkyl halides is 1. The van der Waals surface area contributed by atoms with Gasteiger partial charge < -0.3 is 15.6 Å². The SMILES string of the molecule is CO[C@H](c1ccc(-c2ccc(O)nc2)cc1)[C@H](N)CF. The number of nitrogens with two attached hydrogens (primary N) is 1. The first-order valence-corrected chi connectivity index (χ1v) is 6.25. The van der Waals surface area contributed by atoms with Crippen molar-refractivity contribution >= 4 is 0 Å². The molecule has 0 unspecified atom stereocenters. The average molecular weight is 276 g/mol. The van der Waals surface area contributed by atoms with Gasteiger partial charge in [0.1, 0.15) is 6.67 Å². The largest absolute Gasteiger partial charge is 0.493 e. The van der Waals surface area contributed by atoms with Gasteiger partial charge in [0, 0.05) is 24.9 Å². The van der Waals surface area contributed by atoms with E-state index < -0.39 is 18.8 Å². The van der Waals surface area contributed by atoms with Crippen LogP contribution in [-0.4, -0.2) is 29.9 Å². The van der Waals surface area contributed by atoms with Gasteiger partial charge in [0.15, 0.2) is 0 Å². The first-order chi connectivity index (χ1) is 9.65. The van der Waals surface area contributed by atoms with Crippen molar-refractivity contribution in [2.75, 3.05) is 13.8 Å². The fourth-order valence-corrected chi connectivity index (χ4v) is 2.06. The van der Waals surface area contributed by atoms with Crippen molar-refractivity contribution in [1.29, 1.82) is 0 Å². The van der Waals surface area contributed by atoms with Crippen LogP contribution in [0.3, 0.4) is 0 Å². The number of pyridine rings is 1. The van der Waals surface area contributed by atoms with E-state index in [1.165, 1.54) is 13.2 Å². The summed E-state index contributed by atoms with van der Waals surface area (Å²) in [5.41, 5.74) is 8.35. The smallest absolute Gasteiger partial charge is 0.210 e. The molecule has 1 aromatic carbocycles. The van der Waals surface area contributed by atoms with Crippen LogP contribution < -0.4 is 5.73 Å². The number of nitrogens with zero attached hydrogens (tertiary/aromatic N) is 1. The fourth-order valence-electron chi connectivity index (χ4n) is 2.06. The van der Waals surface area contributed by atoms with Crippen molar-refractivity contribution in [3.8, 4) is 17.0 Å². The molecular weight excluding hydrogens is 259 g/mol. The molecule has 0 saturated heterocycles. The van der Waals surface area contributed by atoms with Gasteiger partial charge in [0.2, 0.25) is 5.88 Å². The molecule has 0 aliphatic rings. The van der Waals surface area contributed by atoms with E-state index in [0.29, 0.717) is 0 Å². The van der Waals surface area contributed by atoms with Gasteiger partial charge in [0.25, 0.3) is 0 Å². The number of aromatic nitrogens is 1. The minimum absolute atomic E-state index is 0.0151. The predicted octanol–water partition coefficient (Wildman–Crippen LogP) is 2.44. The van der Waals surface area contributed by atoms with Crippen molar-refractivity contribution in [3.63, 3.8) is 0 Å². The van der Waals surface area contributed by atoms with E-state index in [-0.39, 0.29) is 5.88 Å². The summed E-state index contributed by atoms with van der Waals surface area (Å²) in [4.78, 5) is 3.83. The molecule has 2 atom stereocenters. The standard InChI is InChI=1S/C15H17FN2O2/c1-20-15(13(17)8-16)11-4-2-10(3-5-11)12-6-7-14(19)18-9-12/h2-7,9,13,15H,8,17H2,1H3,(H,18,19)/t13-,15-/m1/s1. The van der Waals surface area contributed by atoms with Gasteiger partial charge in [-0.2, -0.15) is 0 Å². The zero-order chi connectivity index (χ0) is 14.5. The highest BCUT2D eigenvalue weighted by atomic mass is 19.1. The lowest BCUT2D eigenvalue weighted by Gasteiger charge is -2.20. The summed E-state index contributed by atoms with van der Waals surface area (Å²) in [5.74, 6) is -0.0151. The van der Waals surface area contributed by atoms with Crippen LogP contribution in [0.4, 0.5) is 4.39 Å². The Balaban J connectivity index is 2.23. The summed E-state index contributed by atoms with van der Waals surface area (Å²) >= 11 is 0. The Morgan fingerprint density at radius 2 is 1.85 bits per heavy atom. The first-order valence-electron chi connectivity index (χ1n) is 6.25. The van der Waals surface area contributed by atoms with E-state index in [4.69, 9.17) is 15.6 Å². The molecule has 0 aliphatic heterocycles. The lowest BCUT2D eigenvalue weighted by Crippen LogP contribution is -2.31. The third-order valence-electron chi connectivity index (χ3n) is 3.14. The molecule has 0 bridgehead atoms. The molecule has 20 heavy (non-hydrogen) atoms. The molecule has 106 valence electrons. The van der Waals surface area contributed by atoms with Gasteiger partial charge in [-0.3, -0.25) is 0 Å². The molecule has 3 N–H and O–H groups in total. The van der Waals surface area contributed by atoms with E-state index in [1.54, 1.807) is 12.3 Å². The van der Waals surface area contributed by atoms with E-state index >= 15 is 0 Å². The molecule has 2 rings (SSSR count). The maximum absolute atomic E-state index is 12.7. The number of rotatable bonds is 5. The number of benzene rings is 1. The van der Waals surface area contributed by atoms with Crippen LogP contribution in [0.1, 0.15) is 11.7 Å². The number of hydrogen-bond donors (Lipinski definition) is 2. The van der Waals surface area contributed by atoms with Gasteiger partial charge in [-0.15, -0.1) is 0 Å². The third kappa shape index (κ3) is 3.12. The number of hydrogen-bond acceptors (Lipinski definition) is 4. The molecule has 0 radical (unpaired) electrons. The van der Waals surface area contributed by atoms with Gasteiger partial charge in [0.05, 0.1) is 12.1 Å². The number of methoxy groups -OCH3 is 1. The summed E-state index contributed by atoms with van der Waals surface area (Å²) in [6, 6.07) is 10.1. The van der Waals surface area contributed by atoms with Gasteiger partial charge >= 0.3 is 0 Å². The van der Waals surface area contributed by atoms with Crippen LogP contribution in [-0.2, 0) is 4.74 Å². The lowest BCUT2D eigenvalue weighted by atomic mass is 10.00. The van der Waals surface area contributed by atoms with E-state index in [9.17, 15) is 4.39 Å². The predicted molar refractivity (Wildman–Crippen MR) is 75.0 cm³/mol. The van der Waals surface area contributed by atoms with Crippen LogP contribution in [0.5, 0.6) is 5.88 Å². The summed E-state index contributed by atoms with van der Waals surface area (Å²) < 4.78 is 17.9. The highest BCUT2D eigenvalue weighted by molar-refractivity contribution is 5.63. The summed E-state index contributed by atoms with van der Waals surface area (Å²) in [5, 5.41) is 9.16. The molecule has 0 amide bonds. The fraction of sp³-hybridized carbons (Fsp3) is 0.267. The van der Waals surface area contributed by atoms with Crippen LogP contribution in [0.15, 0.2) is 42.6 Å². The molecule has 0 spiro atoms. The Labute approximate surface area is 117 Å². The van der Waals surface area contributed by atoms with Gasteiger partial charge in [-0.1, -0.05) is 24.3 Å². The summed E-state index contributed by atoms with van der Waals surface area (Å²) in [6.45, 7) is -0.637. The third-order valence-corrected chi connectivity index (χ3v) is 3.14. The number of halogens is 1. The second-order valence-corrected chi connectivity index (χ2v) is 4.50. The van der Waals surface area contributed by atoms with Crippen molar-refractivity contribution in [1.82, 2.24) is 4.98 Å². The molecule has 0 aliphatic carbocycles. The van der Waals surface area contributed by atoms with Gasteiger partial charge in [-0.05, 0) is 17.2 Å². The molecule has 1 aromatic heterocycles. The quantitative estimate of drug-likeness (QED) is 0.880. The minimum atomic E-state index is -0.679. The molecule has 2 aromatic rings. The van der Waals surface area contributed by atoms with Crippen molar-refractivity contribution < 1.29 is 14.2 Å². The normalized spacial score (nSPS) is 13.9. The lowest BCUT2D eigenvalue weighted by molar-refractivity contribution is 0.0721. The van der Waals surface area contributed by atoms with Crippen LogP contribution >= 0.6 is 0 Å². The first kappa shape index (κ1) is 14.4. The van der Waals surface area contributed by atoms with E-state index in [1.807, 2.05) is 24.3 Å². The topological polar surface area (TPSA) is 68.4 Å². The molecule has 4 nitrogen and oxygen atoms in total. The van der Waals surface area contributed by atoms with Crippen molar-refractivity contribution in [2.24, 2.45) is 5.73 Å². The van der Waals surface area contributed by atoms with Crippen LogP contribution in [0.25, 0.3) is 11.1 Å². The van der Waals surface area contributed by atoms with E-state index in [2.05, 4.69) is 4.98 Å². The number of ether oxygens (including phenoxy) is 1. The molecule has 1 heterocycles. The number of aromatic hydroxyl groups is 1. The average Bonchev–Trinajstić information content (AvgIpc) is 2.49. The zero-order valence-electron chi connectivity index (χ0n) is 11.2. The molecule has 0 saturated carbocycles. The zero-order valence-corrected chi connectivity index (χ0v) is 11.2. The van der Waals surface area contributed by atoms with Crippen molar-refractivity contribution in [3.05, 3.63) is 48.2 Å². The second kappa shape index (κ2) is 6.45. The monoisotopic (exact) mass is 276 g/mol.